The molecule has 0 saturated heterocycles. The number of aromatic nitrogens is 1. The molecular formula is C14H14N2OS. The molecule has 92 valence electrons. The van der Waals surface area contributed by atoms with Gasteiger partial charge in [-0.05, 0) is 24.6 Å². The van der Waals surface area contributed by atoms with Crippen LogP contribution in [0.1, 0.15) is 11.1 Å². The average Bonchev–Trinajstić information content (AvgIpc) is 2.33. The normalized spacial score (nSPS) is 10.3. The molecule has 3 nitrogen and oxygen atoms in total. The van der Waals surface area contributed by atoms with Gasteiger partial charge in [0.1, 0.15) is 4.99 Å². The summed E-state index contributed by atoms with van der Waals surface area (Å²) in [5, 5.41) is 0. The summed E-state index contributed by atoms with van der Waals surface area (Å²) < 4.78 is 1.57. The predicted octanol–water partition coefficient (Wildman–Crippen LogP) is 1.99. The van der Waals surface area contributed by atoms with E-state index in [0.717, 1.165) is 11.3 Å². The summed E-state index contributed by atoms with van der Waals surface area (Å²) in [6.45, 7) is 2.03. The Bertz CT molecular complexity index is 656. The van der Waals surface area contributed by atoms with E-state index < -0.39 is 0 Å². The maximum atomic E-state index is 12.1. The zero-order valence-electron chi connectivity index (χ0n) is 10.3. The van der Waals surface area contributed by atoms with Gasteiger partial charge >= 0.3 is 0 Å². The maximum absolute atomic E-state index is 12.1. The summed E-state index contributed by atoms with van der Waals surface area (Å²) in [5.74, 6) is 0. The molecule has 0 saturated carbocycles. The van der Waals surface area contributed by atoms with Gasteiger partial charge in [0.05, 0.1) is 11.3 Å². The first kappa shape index (κ1) is 12.5. The van der Waals surface area contributed by atoms with E-state index in [1.807, 2.05) is 37.3 Å². The zero-order chi connectivity index (χ0) is 13.3. The Labute approximate surface area is 111 Å². The molecule has 0 spiro atoms. The standard InChI is InChI=1S/C14H14N2OS/c1-9-3-5-10(6-4-9)12-8-7-11(13(15)18)14(17)16(12)2/h3-8H,1-2H3,(H2,15,18). The van der Waals surface area contributed by atoms with E-state index in [1.54, 1.807) is 17.7 Å². The second-order valence-electron chi connectivity index (χ2n) is 4.23. The predicted molar refractivity (Wildman–Crippen MR) is 77.7 cm³/mol. The van der Waals surface area contributed by atoms with Gasteiger partial charge in [0.15, 0.2) is 0 Å². The Morgan fingerprint density at radius 1 is 1.17 bits per heavy atom. The van der Waals surface area contributed by atoms with Crippen molar-refractivity contribution in [2.75, 3.05) is 0 Å². The van der Waals surface area contributed by atoms with Gasteiger partial charge in [-0.3, -0.25) is 4.79 Å². The van der Waals surface area contributed by atoms with E-state index in [2.05, 4.69) is 0 Å². The third kappa shape index (κ3) is 2.19. The number of aryl methyl sites for hydroxylation is 1. The van der Waals surface area contributed by atoms with Gasteiger partial charge in [-0.1, -0.05) is 42.0 Å². The highest BCUT2D eigenvalue weighted by molar-refractivity contribution is 7.80. The topological polar surface area (TPSA) is 48.0 Å². The maximum Gasteiger partial charge on any atom is 0.261 e. The van der Waals surface area contributed by atoms with Crippen molar-refractivity contribution in [3.63, 3.8) is 0 Å². The minimum Gasteiger partial charge on any atom is -0.389 e. The summed E-state index contributed by atoms with van der Waals surface area (Å²) in [5.41, 5.74) is 8.75. The Morgan fingerprint density at radius 3 is 2.33 bits per heavy atom. The lowest BCUT2D eigenvalue weighted by Crippen LogP contribution is -2.28. The van der Waals surface area contributed by atoms with Crippen LogP contribution in [0.5, 0.6) is 0 Å². The van der Waals surface area contributed by atoms with Gasteiger partial charge in [0.25, 0.3) is 5.56 Å². The van der Waals surface area contributed by atoms with Gasteiger partial charge in [-0.15, -0.1) is 0 Å². The molecule has 1 aromatic carbocycles. The van der Waals surface area contributed by atoms with Crippen LogP contribution in [0.4, 0.5) is 0 Å². The Balaban J connectivity index is 2.61. The molecule has 4 heteroatoms. The monoisotopic (exact) mass is 258 g/mol. The lowest BCUT2D eigenvalue weighted by Gasteiger charge is -2.10. The van der Waals surface area contributed by atoms with E-state index in [0.29, 0.717) is 5.56 Å². The first-order valence-corrected chi connectivity index (χ1v) is 5.98. The van der Waals surface area contributed by atoms with Crippen molar-refractivity contribution in [3.8, 4) is 11.3 Å². The highest BCUT2D eigenvalue weighted by Gasteiger charge is 2.08. The van der Waals surface area contributed by atoms with Crippen LogP contribution < -0.4 is 11.3 Å². The van der Waals surface area contributed by atoms with E-state index in [9.17, 15) is 4.79 Å². The number of pyridine rings is 1. The highest BCUT2D eigenvalue weighted by atomic mass is 32.1. The van der Waals surface area contributed by atoms with Crippen LogP contribution in [0.25, 0.3) is 11.3 Å². The van der Waals surface area contributed by atoms with E-state index in [-0.39, 0.29) is 10.5 Å². The van der Waals surface area contributed by atoms with Crippen molar-refractivity contribution in [1.82, 2.24) is 4.57 Å². The molecular weight excluding hydrogens is 244 g/mol. The summed E-state index contributed by atoms with van der Waals surface area (Å²) in [6, 6.07) is 11.6. The highest BCUT2D eigenvalue weighted by Crippen LogP contribution is 2.18. The van der Waals surface area contributed by atoms with Crippen molar-refractivity contribution in [2.45, 2.75) is 6.92 Å². The minimum atomic E-state index is -0.166. The van der Waals surface area contributed by atoms with Crippen LogP contribution >= 0.6 is 12.2 Å². The van der Waals surface area contributed by atoms with Crippen molar-refractivity contribution < 1.29 is 0 Å². The molecule has 2 N–H and O–H groups in total. The zero-order valence-corrected chi connectivity index (χ0v) is 11.1. The van der Waals surface area contributed by atoms with Crippen LogP contribution in [-0.2, 0) is 7.05 Å². The molecule has 2 rings (SSSR count). The average molecular weight is 258 g/mol. The van der Waals surface area contributed by atoms with E-state index in [1.165, 1.54) is 5.56 Å². The molecule has 2 aromatic rings. The Morgan fingerprint density at radius 2 is 1.78 bits per heavy atom. The number of rotatable bonds is 2. The third-order valence-corrected chi connectivity index (χ3v) is 3.14. The molecule has 0 aliphatic carbocycles. The van der Waals surface area contributed by atoms with Crippen molar-refractivity contribution in [3.05, 3.63) is 57.9 Å². The van der Waals surface area contributed by atoms with E-state index in [4.69, 9.17) is 18.0 Å². The fraction of sp³-hybridized carbons (Fsp3) is 0.143. The van der Waals surface area contributed by atoms with Crippen LogP contribution in [0.3, 0.4) is 0 Å². The van der Waals surface area contributed by atoms with Crippen LogP contribution in [0.15, 0.2) is 41.2 Å². The van der Waals surface area contributed by atoms with Gasteiger partial charge in [-0.2, -0.15) is 0 Å². The molecule has 1 heterocycles. The SMILES string of the molecule is Cc1ccc(-c2ccc(C(N)=S)c(=O)n2C)cc1. The van der Waals surface area contributed by atoms with Crippen molar-refractivity contribution in [1.29, 1.82) is 0 Å². The second-order valence-corrected chi connectivity index (χ2v) is 4.67. The molecule has 0 bridgehead atoms. The number of nitrogens with two attached hydrogens (primary N) is 1. The Hall–Kier alpha value is -1.94. The molecule has 0 amide bonds. The van der Waals surface area contributed by atoms with Crippen molar-refractivity contribution >= 4 is 17.2 Å². The summed E-state index contributed by atoms with van der Waals surface area (Å²) in [4.78, 5) is 12.2. The largest absolute Gasteiger partial charge is 0.389 e. The molecule has 0 atom stereocenters. The molecule has 0 aliphatic heterocycles. The third-order valence-electron chi connectivity index (χ3n) is 2.92. The van der Waals surface area contributed by atoms with Crippen molar-refractivity contribution in [2.24, 2.45) is 12.8 Å². The second kappa shape index (κ2) is 4.74. The Kier molecular flexibility index (Phi) is 3.30. The quantitative estimate of drug-likeness (QED) is 0.838. The van der Waals surface area contributed by atoms with Crippen LogP contribution in [0, 0.1) is 6.92 Å². The van der Waals surface area contributed by atoms with Gasteiger partial charge in [0, 0.05) is 7.05 Å². The molecule has 0 unspecified atom stereocenters. The number of benzene rings is 1. The van der Waals surface area contributed by atoms with Crippen LogP contribution in [0.2, 0.25) is 0 Å². The number of hydrogen-bond donors (Lipinski definition) is 1. The first-order valence-electron chi connectivity index (χ1n) is 5.57. The van der Waals surface area contributed by atoms with E-state index >= 15 is 0 Å². The summed E-state index contributed by atoms with van der Waals surface area (Å²) in [6.07, 6.45) is 0. The number of hydrogen-bond acceptors (Lipinski definition) is 2. The van der Waals surface area contributed by atoms with Gasteiger partial charge < -0.3 is 10.3 Å². The molecule has 18 heavy (non-hydrogen) atoms. The molecule has 0 aliphatic rings. The van der Waals surface area contributed by atoms with Gasteiger partial charge in [-0.25, -0.2) is 0 Å². The molecule has 0 radical (unpaired) electrons. The number of nitrogens with zero attached hydrogens (tertiary/aromatic N) is 1. The lowest BCUT2D eigenvalue weighted by atomic mass is 10.1. The molecule has 0 fully saturated rings. The fourth-order valence-corrected chi connectivity index (χ4v) is 1.99. The van der Waals surface area contributed by atoms with Crippen LogP contribution in [-0.4, -0.2) is 9.56 Å². The minimum absolute atomic E-state index is 0.131. The lowest BCUT2D eigenvalue weighted by molar-refractivity contribution is 0.867. The number of thiocarbonyl (C=S) groups is 1. The first-order chi connectivity index (χ1) is 8.50. The van der Waals surface area contributed by atoms with Gasteiger partial charge in [0.2, 0.25) is 0 Å². The summed E-state index contributed by atoms with van der Waals surface area (Å²) >= 11 is 4.85. The summed E-state index contributed by atoms with van der Waals surface area (Å²) in [7, 11) is 1.72. The fourth-order valence-electron chi connectivity index (χ4n) is 1.84. The smallest absolute Gasteiger partial charge is 0.261 e. The molecule has 1 aromatic heterocycles.